The third kappa shape index (κ3) is 6.69. The van der Waals surface area contributed by atoms with Crippen LogP contribution < -0.4 is 14.8 Å². The summed E-state index contributed by atoms with van der Waals surface area (Å²) < 4.78 is 39.5. The van der Waals surface area contributed by atoms with Gasteiger partial charge in [-0.25, -0.2) is 8.42 Å². The number of anilines is 1. The molecule has 31 heavy (non-hydrogen) atoms. The number of halogens is 1. The minimum absolute atomic E-state index is 0.0871. The molecular formula is C22H29BrN2O5S. The highest BCUT2D eigenvalue weighted by Crippen LogP contribution is 2.30. The van der Waals surface area contributed by atoms with Gasteiger partial charge in [0, 0.05) is 17.6 Å². The smallest absolute Gasteiger partial charge is 0.265 e. The minimum atomic E-state index is -3.69. The Balaban J connectivity index is 2.30. The molecule has 0 aliphatic rings. The van der Waals surface area contributed by atoms with Gasteiger partial charge in [0.15, 0.2) is 6.10 Å². The Hall–Kier alpha value is -2.10. The highest BCUT2D eigenvalue weighted by molar-refractivity contribution is 9.10. The van der Waals surface area contributed by atoms with Gasteiger partial charge in [-0.05, 0) is 63.2 Å². The van der Waals surface area contributed by atoms with Crippen molar-refractivity contribution in [3.05, 3.63) is 46.9 Å². The van der Waals surface area contributed by atoms with Crippen LogP contribution in [0.4, 0.5) is 5.69 Å². The van der Waals surface area contributed by atoms with Crippen molar-refractivity contribution in [1.29, 1.82) is 0 Å². The lowest BCUT2D eigenvalue weighted by Crippen LogP contribution is -2.32. The molecule has 1 amide bonds. The molecule has 0 saturated carbocycles. The maximum absolute atomic E-state index is 12.9. The molecule has 1 unspecified atom stereocenters. The molecule has 2 rings (SSSR count). The largest absolute Gasteiger partial charge is 0.489 e. The molecule has 7 nitrogen and oxygen atoms in total. The van der Waals surface area contributed by atoms with Crippen molar-refractivity contribution in [2.75, 3.05) is 18.4 Å². The molecule has 2 aromatic carbocycles. The molecule has 0 aromatic heterocycles. The first kappa shape index (κ1) is 25.2. The monoisotopic (exact) mass is 512 g/mol. The molecule has 0 aliphatic carbocycles. The van der Waals surface area contributed by atoms with Gasteiger partial charge in [0.1, 0.15) is 11.5 Å². The number of hydrogen-bond donors (Lipinski definition) is 1. The van der Waals surface area contributed by atoms with E-state index in [4.69, 9.17) is 9.47 Å². The molecule has 0 spiro atoms. The van der Waals surface area contributed by atoms with E-state index in [0.717, 1.165) is 4.47 Å². The van der Waals surface area contributed by atoms with Crippen LogP contribution in [0.3, 0.4) is 0 Å². The summed E-state index contributed by atoms with van der Waals surface area (Å²) in [6.45, 7) is 9.58. The average Bonchev–Trinajstić information content (AvgIpc) is 2.71. The van der Waals surface area contributed by atoms with Crippen molar-refractivity contribution in [3.8, 4) is 11.5 Å². The number of amides is 1. The topological polar surface area (TPSA) is 84.9 Å². The zero-order valence-corrected chi connectivity index (χ0v) is 20.8. The molecule has 9 heteroatoms. The Morgan fingerprint density at radius 1 is 1.03 bits per heavy atom. The maximum Gasteiger partial charge on any atom is 0.265 e. The van der Waals surface area contributed by atoms with Gasteiger partial charge in [-0.1, -0.05) is 29.8 Å². The first-order valence-corrected chi connectivity index (χ1v) is 12.4. The molecule has 2 aromatic rings. The van der Waals surface area contributed by atoms with Crippen LogP contribution in [0.1, 0.15) is 34.6 Å². The number of ether oxygens (including phenoxy) is 2. The zero-order valence-electron chi connectivity index (χ0n) is 18.4. The predicted octanol–water partition coefficient (Wildman–Crippen LogP) is 4.67. The van der Waals surface area contributed by atoms with Crippen LogP contribution in [0.2, 0.25) is 0 Å². The van der Waals surface area contributed by atoms with Crippen LogP contribution in [0, 0.1) is 0 Å². The fourth-order valence-electron chi connectivity index (χ4n) is 2.84. The molecule has 0 radical (unpaired) electrons. The SMILES string of the molecule is CCN(CC)S(=O)(=O)c1ccc(OC(C)C)c(NC(=O)C(C)Oc2ccc(Br)cc2)c1. The fraction of sp³-hybridized carbons (Fsp3) is 0.409. The lowest BCUT2D eigenvalue weighted by Gasteiger charge is -2.21. The normalized spacial score (nSPS) is 12.6. The van der Waals surface area contributed by atoms with Crippen molar-refractivity contribution in [3.63, 3.8) is 0 Å². The van der Waals surface area contributed by atoms with Gasteiger partial charge in [-0.2, -0.15) is 4.31 Å². The number of sulfonamides is 1. The van der Waals surface area contributed by atoms with E-state index in [-0.39, 0.29) is 16.7 Å². The molecule has 0 heterocycles. The molecule has 1 N–H and O–H groups in total. The predicted molar refractivity (Wildman–Crippen MR) is 125 cm³/mol. The number of carbonyl (C=O) groups is 1. The summed E-state index contributed by atoms with van der Waals surface area (Å²) in [6.07, 6.45) is -0.964. The number of rotatable bonds is 10. The summed E-state index contributed by atoms with van der Waals surface area (Å²) in [4.78, 5) is 12.9. The molecule has 170 valence electrons. The van der Waals surface area contributed by atoms with E-state index < -0.39 is 22.0 Å². The second-order valence-corrected chi connectivity index (χ2v) is 9.97. The standard InChI is InChI=1S/C22H29BrN2O5S/c1-6-25(7-2)31(27,28)19-12-13-21(29-15(3)4)20(14-19)24-22(26)16(5)30-18-10-8-17(23)9-11-18/h8-16H,6-7H2,1-5H3,(H,24,26). The highest BCUT2D eigenvalue weighted by Gasteiger charge is 2.24. The molecule has 0 bridgehead atoms. The molecular weight excluding hydrogens is 484 g/mol. The third-order valence-electron chi connectivity index (χ3n) is 4.41. The summed E-state index contributed by atoms with van der Waals surface area (Å²) in [5.41, 5.74) is 0.276. The maximum atomic E-state index is 12.9. The molecule has 0 aliphatic heterocycles. The van der Waals surface area contributed by atoms with Crippen molar-refractivity contribution < 1.29 is 22.7 Å². The van der Waals surface area contributed by atoms with E-state index in [2.05, 4.69) is 21.2 Å². The Morgan fingerprint density at radius 3 is 2.19 bits per heavy atom. The summed E-state index contributed by atoms with van der Waals surface area (Å²) in [6, 6.07) is 11.6. The van der Waals surface area contributed by atoms with E-state index >= 15 is 0 Å². The van der Waals surface area contributed by atoms with Crippen LogP contribution in [0.25, 0.3) is 0 Å². The lowest BCUT2D eigenvalue weighted by atomic mass is 10.2. The van der Waals surface area contributed by atoms with Crippen LogP contribution in [0.5, 0.6) is 11.5 Å². The van der Waals surface area contributed by atoms with Crippen LogP contribution in [-0.2, 0) is 14.8 Å². The van der Waals surface area contributed by atoms with Crippen molar-refractivity contribution in [2.45, 2.75) is 51.7 Å². The second-order valence-electron chi connectivity index (χ2n) is 7.12. The third-order valence-corrected chi connectivity index (χ3v) is 6.99. The highest BCUT2D eigenvalue weighted by atomic mass is 79.9. The van der Waals surface area contributed by atoms with Crippen molar-refractivity contribution in [2.24, 2.45) is 0 Å². The molecule has 1 atom stereocenters. The van der Waals surface area contributed by atoms with Gasteiger partial charge in [-0.15, -0.1) is 0 Å². The number of benzene rings is 2. The van der Waals surface area contributed by atoms with Gasteiger partial charge >= 0.3 is 0 Å². The lowest BCUT2D eigenvalue weighted by molar-refractivity contribution is -0.122. The van der Waals surface area contributed by atoms with E-state index in [1.165, 1.54) is 16.4 Å². The zero-order chi connectivity index (χ0) is 23.2. The fourth-order valence-corrected chi connectivity index (χ4v) is 4.59. The number of nitrogens with one attached hydrogen (secondary N) is 1. The van der Waals surface area contributed by atoms with E-state index in [1.807, 2.05) is 26.0 Å². The summed E-state index contributed by atoms with van der Waals surface area (Å²) >= 11 is 3.35. The minimum Gasteiger partial charge on any atom is -0.489 e. The number of carbonyl (C=O) groups excluding carboxylic acids is 1. The van der Waals surface area contributed by atoms with Crippen LogP contribution in [-0.4, -0.2) is 43.9 Å². The second kappa shape index (κ2) is 11.0. The van der Waals surface area contributed by atoms with Gasteiger partial charge in [0.05, 0.1) is 16.7 Å². The quantitative estimate of drug-likeness (QED) is 0.499. The van der Waals surface area contributed by atoms with E-state index in [9.17, 15) is 13.2 Å². The van der Waals surface area contributed by atoms with E-state index in [0.29, 0.717) is 24.6 Å². The summed E-state index contributed by atoms with van der Waals surface area (Å²) in [5, 5.41) is 2.75. The number of hydrogen-bond acceptors (Lipinski definition) is 5. The first-order valence-electron chi connectivity index (χ1n) is 10.1. The first-order chi connectivity index (χ1) is 14.6. The van der Waals surface area contributed by atoms with Crippen LogP contribution >= 0.6 is 15.9 Å². The van der Waals surface area contributed by atoms with E-state index in [1.54, 1.807) is 39.0 Å². The Kier molecular flexibility index (Phi) is 8.90. The van der Waals surface area contributed by atoms with Gasteiger partial charge < -0.3 is 14.8 Å². The van der Waals surface area contributed by atoms with Crippen LogP contribution in [0.15, 0.2) is 51.8 Å². The summed E-state index contributed by atoms with van der Waals surface area (Å²) in [5.74, 6) is 0.508. The number of nitrogens with zero attached hydrogens (tertiary/aromatic N) is 1. The van der Waals surface area contributed by atoms with Crippen molar-refractivity contribution in [1.82, 2.24) is 4.31 Å². The Bertz CT molecular complexity index is 989. The van der Waals surface area contributed by atoms with Gasteiger partial charge in [0.2, 0.25) is 10.0 Å². The van der Waals surface area contributed by atoms with Crippen molar-refractivity contribution >= 4 is 37.5 Å². The average molecular weight is 513 g/mol. The molecule has 0 fully saturated rings. The van der Waals surface area contributed by atoms with Gasteiger partial charge in [-0.3, -0.25) is 4.79 Å². The van der Waals surface area contributed by atoms with Gasteiger partial charge in [0.25, 0.3) is 5.91 Å². The summed E-state index contributed by atoms with van der Waals surface area (Å²) in [7, 11) is -3.69. The molecule has 0 saturated heterocycles. The Labute approximate surface area is 192 Å². The Morgan fingerprint density at radius 2 is 1.65 bits per heavy atom.